The van der Waals surface area contributed by atoms with Gasteiger partial charge in [-0.15, -0.1) is 11.8 Å². The van der Waals surface area contributed by atoms with Crippen molar-refractivity contribution in [3.05, 3.63) is 48.5 Å². The highest BCUT2D eigenvalue weighted by Crippen LogP contribution is 2.36. The van der Waals surface area contributed by atoms with Gasteiger partial charge in [-0.2, -0.15) is 13.2 Å². The molecule has 1 fully saturated rings. The van der Waals surface area contributed by atoms with Crippen molar-refractivity contribution in [1.29, 1.82) is 0 Å². The van der Waals surface area contributed by atoms with Crippen molar-refractivity contribution in [2.75, 3.05) is 57.0 Å². The number of likely N-dealkylation sites (N-methyl/N-ethyl adjacent to an activating group) is 1. The van der Waals surface area contributed by atoms with Gasteiger partial charge >= 0.3 is 5.51 Å². The molecule has 0 amide bonds. The largest absolute Gasteiger partial charge is 0.501 e. The maximum Gasteiger partial charge on any atom is 0.501 e. The van der Waals surface area contributed by atoms with E-state index in [2.05, 4.69) is 29.0 Å². The van der Waals surface area contributed by atoms with Crippen LogP contribution in [0.25, 0.3) is 0 Å². The van der Waals surface area contributed by atoms with Crippen LogP contribution in [0, 0.1) is 0 Å². The number of morpholine rings is 1. The highest BCUT2D eigenvalue weighted by Gasteiger charge is 2.48. The smallest absolute Gasteiger partial charge is 0.380 e. The fourth-order valence-electron chi connectivity index (χ4n) is 4.53. The summed E-state index contributed by atoms with van der Waals surface area (Å²) in [5.41, 5.74) is -5.98. The molecule has 9 nitrogen and oxygen atoms in total. The zero-order valence-electron chi connectivity index (χ0n) is 23.0. The molecule has 0 saturated carbocycles. The van der Waals surface area contributed by atoms with Crippen LogP contribution < -0.4 is 10.5 Å². The van der Waals surface area contributed by atoms with Crippen LogP contribution in [0.4, 0.5) is 18.9 Å². The number of alkyl halides is 3. The first kappa shape index (κ1) is 33.6. The Kier molecular flexibility index (Phi) is 11.9. The molecule has 0 aromatic heterocycles. The van der Waals surface area contributed by atoms with Gasteiger partial charge in [0.1, 0.15) is 4.90 Å². The van der Waals surface area contributed by atoms with Crippen molar-refractivity contribution in [1.82, 2.24) is 9.80 Å². The predicted octanol–water partition coefficient (Wildman–Crippen LogP) is 3.63. The number of sulfonamides is 1. The predicted molar refractivity (Wildman–Crippen MR) is 154 cm³/mol. The van der Waals surface area contributed by atoms with E-state index in [-0.39, 0.29) is 11.7 Å². The zero-order chi connectivity index (χ0) is 30.3. The van der Waals surface area contributed by atoms with Crippen LogP contribution in [-0.4, -0.2) is 95.9 Å². The van der Waals surface area contributed by atoms with Crippen LogP contribution >= 0.6 is 11.8 Å². The molecule has 0 spiro atoms. The normalized spacial score (nSPS) is 18.0. The summed E-state index contributed by atoms with van der Waals surface area (Å²) < 4.78 is 95.2. The lowest BCUT2D eigenvalue weighted by atomic mass is 10.1. The number of ether oxygens (including phenoxy) is 1. The van der Waals surface area contributed by atoms with Gasteiger partial charge in [-0.1, -0.05) is 32.0 Å². The van der Waals surface area contributed by atoms with Crippen molar-refractivity contribution < 1.29 is 34.7 Å². The van der Waals surface area contributed by atoms with Crippen molar-refractivity contribution in [3.63, 3.8) is 0 Å². The van der Waals surface area contributed by atoms with Gasteiger partial charge in [-0.25, -0.2) is 22.0 Å². The Morgan fingerprint density at radius 1 is 1.12 bits per heavy atom. The number of rotatable bonds is 14. The summed E-state index contributed by atoms with van der Waals surface area (Å²) in [6.07, 6.45) is 0.483. The molecule has 0 radical (unpaired) electrons. The monoisotopic (exact) mass is 638 g/mol. The van der Waals surface area contributed by atoms with E-state index in [1.807, 2.05) is 30.3 Å². The second kappa shape index (κ2) is 14.5. The lowest BCUT2D eigenvalue weighted by Crippen LogP contribution is -2.52. The van der Waals surface area contributed by atoms with E-state index in [0.29, 0.717) is 44.5 Å². The number of nitrogens with zero attached hydrogens (tertiary/aromatic N) is 2. The number of benzene rings is 2. The number of nitrogens with two attached hydrogens (primary N) is 1. The second-order valence-corrected chi connectivity index (χ2v) is 14.2. The molecule has 0 unspecified atom stereocenters. The molecule has 1 aliphatic rings. The lowest BCUT2D eigenvalue weighted by Gasteiger charge is -2.39. The lowest BCUT2D eigenvalue weighted by molar-refractivity contribution is -0.0435. The van der Waals surface area contributed by atoms with Crippen molar-refractivity contribution in [2.45, 2.75) is 52.5 Å². The molecular weight excluding hydrogens is 602 g/mol. The van der Waals surface area contributed by atoms with Gasteiger partial charge < -0.3 is 15.0 Å². The molecule has 0 aliphatic carbocycles. The maximum atomic E-state index is 13.6. The van der Waals surface area contributed by atoms with Gasteiger partial charge in [0.05, 0.1) is 23.8 Å². The summed E-state index contributed by atoms with van der Waals surface area (Å²) in [6, 6.07) is 11.6. The first-order valence-electron chi connectivity index (χ1n) is 13.2. The quantitative estimate of drug-likeness (QED) is 0.299. The van der Waals surface area contributed by atoms with Gasteiger partial charge in [-0.05, 0) is 49.8 Å². The van der Waals surface area contributed by atoms with Gasteiger partial charge in [0, 0.05) is 42.4 Å². The van der Waals surface area contributed by atoms with Crippen LogP contribution in [0.15, 0.2) is 63.2 Å². The van der Waals surface area contributed by atoms with E-state index in [9.17, 15) is 30.0 Å². The number of hydrogen-bond donors (Lipinski definition) is 2. The van der Waals surface area contributed by atoms with Crippen molar-refractivity contribution in [3.8, 4) is 0 Å². The Balaban J connectivity index is 1.91. The average molecular weight is 639 g/mol. The molecule has 1 heterocycles. The maximum absolute atomic E-state index is 13.6. The third-order valence-corrected chi connectivity index (χ3v) is 10.5. The summed E-state index contributed by atoms with van der Waals surface area (Å²) in [6.45, 7) is 9.20. The molecule has 2 aromatic carbocycles. The highest BCUT2D eigenvalue weighted by molar-refractivity contribution is 7.99. The molecule has 41 heavy (non-hydrogen) atoms. The number of anilines is 1. The van der Waals surface area contributed by atoms with Crippen molar-refractivity contribution >= 4 is 37.3 Å². The zero-order valence-corrected chi connectivity index (χ0v) is 25.5. The van der Waals surface area contributed by atoms with Crippen LogP contribution in [-0.2, 0) is 24.6 Å². The Bertz CT molecular complexity index is 1340. The minimum Gasteiger partial charge on any atom is -0.380 e. The summed E-state index contributed by atoms with van der Waals surface area (Å²) in [4.78, 5) is 3.62. The summed E-state index contributed by atoms with van der Waals surface area (Å²) in [5.74, 6) is 0.414. The average Bonchev–Trinajstić information content (AvgIpc) is 2.93. The third-order valence-electron chi connectivity index (χ3n) is 6.91. The Labute approximate surface area is 244 Å². The van der Waals surface area contributed by atoms with Gasteiger partial charge in [0.2, 0.25) is 10.0 Å². The Morgan fingerprint density at radius 2 is 1.80 bits per heavy atom. The van der Waals surface area contributed by atoms with Crippen LogP contribution in [0.1, 0.15) is 20.3 Å². The van der Waals surface area contributed by atoms with E-state index in [0.717, 1.165) is 36.7 Å². The van der Waals surface area contributed by atoms with Gasteiger partial charge in [-0.3, -0.25) is 4.90 Å². The molecular formula is C26H37F3N4O5S3. The standard InChI is InChI=1S/C26H37F3N4O5S3/c1-3-32(4-2)17-21-18-38-15-14-33(21)13-12-20(19-39-22-8-6-5-7-9-22)31-24-11-10-23(41(30,36)37)16-25(24)40(34,35)26(27,28)29/h5-11,16,20-21,31H,3-4,12-15,17-19H2,1-2H3,(H2,30,36,37)/t20-,21+/m1/s1. The molecule has 2 aromatic rings. The Hall–Kier alpha value is -1.88. The Morgan fingerprint density at radius 3 is 2.41 bits per heavy atom. The molecule has 230 valence electrons. The summed E-state index contributed by atoms with van der Waals surface area (Å²) in [7, 11) is -10.3. The number of sulfone groups is 1. The number of halogens is 3. The molecule has 0 bridgehead atoms. The van der Waals surface area contributed by atoms with E-state index in [4.69, 9.17) is 9.88 Å². The van der Waals surface area contributed by atoms with Crippen LogP contribution in [0.2, 0.25) is 0 Å². The number of hydrogen-bond acceptors (Lipinski definition) is 9. The van der Waals surface area contributed by atoms with E-state index in [1.54, 1.807) is 0 Å². The SMILES string of the molecule is CCN(CC)C[C@H]1COCCN1CC[C@H](CSc1ccccc1)Nc1ccc(S(N)(=O)=O)cc1S(=O)(=O)C(F)(F)F. The first-order valence-corrected chi connectivity index (χ1v) is 17.2. The minimum atomic E-state index is -5.89. The number of primary sulfonamides is 1. The summed E-state index contributed by atoms with van der Waals surface area (Å²) >= 11 is 1.48. The van der Waals surface area contributed by atoms with Gasteiger partial charge in [0.15, 0.2) is 0 Å². The molecule has 2 atom stereocenters. The fourth-order valence-corrected chi connectivity index (χ4v) is 7.09. The second-order valence-electron chi connectivity index (χ2n) is 9.66. The summed E-state index contributed by atoms with van der Waals surface area (Å²) in [5, 5.41) is 8.08. The van der Waals surface area contributed by atoms with Crippen LogP contribution in [0.3, 0.4) is 0 Å². The number of nitrogens with one attached hydrogen (secondary N) is 1. The molecule has 1 aliphatic heterocycles. The minimum absolute atomic E-state index is 0.140. The first-order chi connectivity index (χ1) is 19.3. The molecule has 3 rings (SSSR count). The van der Waals surface area contributed by atoms with Crippen molar-refractivity contribution in [2.24, 2.45) is 5.14 Å². The van der Waals surface area contributed by atoms with Gasteiger partial charge in [0.25, 0.3) is 9.84 Å². The number of thioether (sulfide) groups is 1. The molecule has 15 heteroatoms. The van der Waals surface area contributed by atoms with E-state index in [1.165, 1.54) is 11.8 Å². The molecule has 1 saturated heterocycles. The fraction of sp³-hybridized carbons (Fsp3) is 0.538. The highest BCUT2D eigenvalue weighted by atomic mass is 32.2. The van der Waals surface area contributed by atoms with Crippen LogP contribution in [0.5, 0.6) is 0 Å². The topological polar surface area (TPSA) is 122 Å². The van der Waals surface area contributed by atoms with E-state index < -0.39 is 41.2 Å². The van der Waals surface area contributed by atoms with E-state index >= 15 is 0 Å². The third kappa shape index (κ3) is 9.30. The molecule has 3 N–H and O–H groups in total.